The number of carboxylic acids is 1. The second-order valence-electron chi connectivity index (χ2n) is 4.45. The summed E-state index contributed by atoms with van der Waals surface area (Å²) in [4.78, 5) is 15.0. The highest BCUT2D eigenvalue weighted by Crippen LogP contribution is 2.26. The first-order valence-corrected chi connectivity index (χ1v) is 6.50. The number of aliphatic carboxylic acids is 1. The zero-order valence-electron chi connectivity index (χ0n) is 11.2. The number of aromatic hydroxyl groups is 2. The molecule has 1 aromatic carbocycles. The van der Waals surface area contributed by atoms with Gasteiger partial charge >= 0.3 is 5.97 Å². The van der Waals surface area contributed by atoms with Crippen LogP contribution < -0.4 is 5.73 Å². The third-order valence-corrected chi connectivity index (χ3v) is 2.92. The minimum atomic E-state index is -0.986. The van der Waals surface area contributed by atoms with Gasteiger partial charge in [-0.1, -0.05) is 6.07 Å². The Labute approximate surface area is 117 Å². The molecule has 0 aliphatic carbocycles. The van der Waals surface area contributed by atoms with Gasteiger partial charge in [0.1, 0.15) is 17.5 Å². The van der Waals surface area contributed by atoms with E-state index in [1.807, 2.05) is 0 Å². The van der Waals surface area contributed by atoms with Crippen molar-refractivity contribution >= 4 is 12.2 Å². The summed E-state index contributed by atoms with van der Waals surface area (Å²) in [5, 5.41) is 28.2. The molecular formula is C14H20N2O4. The van der Waals surface area contributed by atoms with Crippen LogP contribution in [-0.2, 0) is 11.2 Å². The highest BCUT2D eigenvalue weighted by molar-refractivity contribution is 5.76. The summed E-state index contributed by atoms with van der Waals surface area (Å²) in [7, 11) is 0. The molecule has 0 amide bonds. The molecule has 0 fully saturated rings. The molecule has 0 aromatic heterocycles. The van der Waals surface area contributed by atoms with Crippen LogP contribution in [0, 0.1) is 0 Å². The first kappa shape index (κ1) is 16.0. The fourth-order valence-electron chi connectivity index (χ4n) is 1.79. The van der Waals surface area contributed by atoms with Gasteiger partial charge in [0.15, 0.2) is 0 Å². The number of hydrogen-bond acceptors (Lipinski definition) is 5. The van der Waals surface area contributed by atoms with Crippen molar-refractivity contribution in [3.63, 3.8) is 0 Å². The van der Waals surface area contributed by atoms with E-state index in [0.717, 1.165) is 6.42 Å². The van der Waals surface area contributed by atoms with Crippen molar-refractivity contribution < 1.29 is 20.1 Å². The van der Waals surface area contributed by atoms with Gasteiger partial charge in [-0.2, -0.15) is 0 Å². The Morgan fingerprint density at radius 1 is 1.30 bits per heavy atom. The fraction of sp³-hybridized carbons (Fsp3) is 0.429. The maximum Gasteiger partial charge on any atom is 0.328 e. The molecule has 0 aliphatic heterocycles. The smallest absolute Gasteiger partial charge is 0.328 e. The monoisotopic (exact) mass is 280 g/mol. The van der Waals surface area contributed by atoms with E-state index in [4.69, 9.17) is 10.8 Å². The van der Waals surface area contributed by atoms with Crippen LogP contribution in [0.2, 0.25) is 0 Å². The van der Waals surface area contributed by atoms with Crippen LogP contribution in [0.1, 0.15) is 24.8 Å². The molecule has 0 radical (unpaired) electrons. The molecule has 20 heavy (non-hydrogen) atoms. The van der Waals surface area contributed by atoms with Crippen LogP contribution >= 0.6 is 0 Å². The molecular weight excluding hydrogens is 260 g/mol. The topological polar surface area (TPSA) is 116 Å². The Morgan fingerprint density at radius 3 is 2.50 bits per heavy atom. The molecule has 0 aliphatic rings. The molecule has 0 spiro atoms. The summed E-state index contributed by atoms with van der Waals surface area (Å²) in [6.45, 7) is 0.530. The van der Waals surface area contributed by atoms with E-state index in [0.29, 0.717) is 24.9 Å². The Bertz CT molecular complexity index is 454. The fourth-order valence-corrected chi connectivity index (χ4v) is 1.79. The number of nitrogens with two attached hydrogens (primary N) is 1. The molecule has 0 bridgehead atoms. The van der Waals surface area contributed by atoms with Crippen molar-refractivity contribution in [2.45, 2.75) is 31.7 Å². The van der Waals surface area contributed by atoms with Crippen LogP contribution in [0.4, 0.5) is 0 Å². The van der Waals surface area contributed by atoms with Crippen molar-refractivity contribution in [2.24, 2.45) is 10.7 Å². The summed E-state index contributed by atoms with van der Waals surface area (Å²) < 4.78 is 0. The van der Waals surface area contributed by atoms with Gasteiger partial charge in [0.05, 0.1) is 0 Å². The average Bonchev–Trinajstić information content (AvgIpc) is 2.40. The van der Waals surface area contributed by atoms with E-state index in [-0.39, 0.29) is 17.9 Å². The number of nitrogens with zero attached hydrogens (tertiary/aromatic N) is 1. The van der Waals surface area contributed by atoms with E-state index in [1.54, 1.807) is 0 Å². The van der Waals surface area contributed by atoms with Crippen LogP contribution in [0.3, 0.4) is 0 Å². The lowest BCUT2D eigenvalue weighted by atomic mass is 10.1. The molecule has 0 saturated heterocycles. The number of unbranched alkanes of at least 4 members (excludes halogenated alkanes) is 1. The van der Waals surface area contributed by atoms with Crippen molar-refractivity contribution in [3.8, 4) is 11.5 Å². The van der Waals surface area contributed by atoms with E-state index >= 15 is 0 Å². The largest absolute Gasteiger partial charge is 0.508 e. The van der Waals surface area contributed by atoms with Crippen molar-refractivity contribution in [3.05, 3.63) is 23.8 Å². The van der Waals surface area contributed by atoms with E-state index < -0.39 is 12.0 Å². The normalized spacial score (nSPS) is 12.7. The number of phenols is 2. The quantitative estimate of drug-likeness (QED) is 0.423. The van der Waals surface area contributed by atoms with Crippen LogP contribution in [-0.4, -0.2) is 40.1 Å². The van der Waals surface area contributed by atoms with Crippen molar-refractivity contribution in [1.29, 1.82) is 0 Å². The lowest BCUT2D eigenvalue weighted by Crippen LogP contribution is -2.18. The number of hydrogen-bond donors (Lipinski definition) is 4. The zero-order chi connectivity index (χ0) is 15.0. The van der Waals surface area contributed by atoms with Gasteiger partial charge < -0.3 is 21.1 Å². The van der Waals surface area contributed by atoms with Gasteiger partial charge in [0.2, 0.25) is 0 Å². The predicted molar refractivity (Wildman–Crippen MR) is 76.3 cm³/mol. The molecule has 5 N–H and O–H groups in total. The lowest BCUT2D eigenvalue weighted by Gasteiger charge is -2.07. The highest BCUT2D eigenvalue weighted by atomic mass is 16.4. The van der Waals surface area contributed by atoms with Gasteiger partial charge in [0.25, 0.3) is 0 Å². The minimum Gasteiger partial charge on any atom is -0.508 e. The van der Waals surface area contributed by atoms with Gasteiger partial charge in [-0.3, -0.25) is 4.99 Å². The summed E-state index contributed by atoms with van der Waals surface area (Å²) in [6.07, 6.45) is 3.48. The minimum absolute atomic E-state index is 0.0357. The number of carbonyl (C=O) groups is 1. The van der Waals surface area contributed by atoms with E-state index in [9.17, 15) is 15.0 Å². The Balaban J connectivity index is 2.62. The lowest BCUT2D eigenvalue weighted by molar-refractivity contribution is -0.138. The van der Waals surface area contributed by atoms with Crippen LogP contribution in [0.5, 0.6) is 11.5 Å². The summed E-state index contributed by atoms with van der Waals surface area (Å²) in [5.41, 5.74) is 5.69. The van der Waals surface area contributed by atoms with Crippen LogP contribution in [0.15, 0.2) is 23.2 Å². The summed E-state index contributed by atoms with van der Waals surface area (Å²) in [6, 6.07) is 3.63. The summed E-state index contributed by atoms with van der Waals surface area (Å²) in [5.74, 6) is -1.06. The number of benzene rings is 1. The molecule has 0 unspecified atom stereocenters. The number of aliphatic imine (C=N–C) groups is 1. The third kappa shape index (κ3) is 4.89. The van der Waals surface area contributed by atoms with E-state index in [1.165, 1.54) is 24.4 Å². The molecule has 0 saturated carbocycles. The molecule has 110 valence electrons. The van der Waals surface area contributed by atoms with Gasteiger partial charge in [-0.15, -0.1) is 0 Å². The van der Waals surface area contributed by atoms with Crippen molar-refractivity contribution in [1.82, 2.24) is 0 Å². The second kappa shape index (κ2) is 8.16. The molecule has 0 heterocycles. The second-order valence-corrected chi connectivity index (χ2v) is 4.45. The SMILES string of the molecule is NCCCC[C@H](N=CCc1c(O)cccc1O)C(=O)O. The van der Waals surface area contributed by atoms with Gasteiger partial charge in [-0.25, -0.2) is 4.79 Å². The third-order valence-electron chi connectivity index (χ3n) is 2.92. The Morgan fingerprint density at radius 2 is 1.95 bits per heavy atom. The average molecular weight is 280 g/mol. The Kier molecular flexibility index (Phi) is 6.52. The molecule has 6 nitrogen and oxygen atoms in total. The number of rotatable bonds is 8. The van der Waals surface area contributed by atoms with Gasteiger partial charge in [0, 0.05) is 18.2 Å². The number of carboxylic acid groups (broad SMARTS) is 1. The molecule has 1 atom stereocenters. The Hall–Kier alpha value is -2.08. The highest BCUT2D eigenvalue weighted by Gasteiger charge is 2.14. The molecule has 1 aromatic rings. The van der Waals surface area contributed by atoms with Crippen molar-refractivity contribution in [2.75, 3.05) is 6.54 Å². The maximum atomic E-state index is 11.0. The van der Waals surface area contributed by atoms with E-state index in [2.05, 4.69) is 4.99 Å². The predicted octanol–water partition coefficient (Wildman–Crippen LogP) is 1.29. The van der Waals surface area contributed by atoms with Crippen LogP contribution in [0.25, 0.3) is 0 Å². The zero-order valence-corrected chi connectivity index (χ0v) is 11.2. The molecule has 6 heteroatoms. The first-order valence-electron chi connectivity index (χ1n) is 6.50. The molecule has 1 rings (SSSR count). The standard InChI is InChI=1S/C14H20N2O4/c15-8-2-1-4-11(14(19)20)16-9-7-10-12(17)5-3-6-13(10)18/h3,5-6,9,11,17-18H,1-2,4,7-8,15H2,(H,19,20)/t11-/m0/s1. The number of phenolic OH excluding ortho intramolecular Hbond substituents is 2. The summed E-state index contributed by atoms with van der Waals surface area (Å²) >= 11 is 0. The first-order chi connectivity index (χ1) is 9.56. The maximum absolute atomic E-state index is 11.0. The van der Waals surface area contributed by atoms with Gasteiger partial charge in [-0.05, 0) is 37.9 Å².